The van der Waals surface area contributed by atoms with E-state index < -0.39 is 6.10 Å². The molecule has 0 bridgehead atoms. The van der Waals surface area contributed by atoms with E-state index in [9.17, 15) is 5.11 Å². The van der Waals surface area contributed by atoms with Crippen molar-refractivity contribution in [3.05, 3.63) is 71.8 Å². The Hall–Kier alpha value is -1.68. The van der Waals surface area contributed by atoms with E-state index in [0.29, 0.717) is 19.8 Å². The summed E-state index contributed by atoms with van der Waals surface area (Å²) in [5, 5.41) is 10.6. The largest absolute Gasteiger partial charge is 0.390 e. The van der Waals surface area contributed by atoms with Gasteiger partial charge in [-0.2, -0.15) is 0 Å². The Morgan fingerprint density at radius 1 is 0.833 bits per heavy atom. The molecular formula is C21H26O3. The van der Waals surface area contributed by atoms with Crippen molar-refractivity contribution >= 4 is 0 Å². The van der Waals surface area contributed by atoms with Gasteiger partial charge in [0.25, 0.3) is 0 Å². The summed E-state index contributed by atoms with van der Waals surface area (Å²) in [6.07, 6.45) is 2.46. The van der Waals surface area contributed by atoms with Crippen molar-refractivity contribution in [2.75, 3.05) is 6.61 Å². The maximum absolute atomic E-state index is 10.6. The summed E-state index contributed by atoms with van der Waals surface area (Å²) >= 11 is 0. The molecule has 1 fully saturated rings. The monoisotopic (exact) mass is 326 g/mol. The molecule has 3 heteroatoms. The average Bonchev–Trinajstić information content (AvgIpc) is 2.64. The second-order valence-corrected chi connectivity index (χ2v) is 6.52. The maximum atomic E-state index is 10.6. The van der Waals surface area contributed by atoms with E-state index in [2.05, 4.69) is 24.3 Å². The molecule has 128 valence electrons. The van der Waals surface area contributed by atoms with Crippen molar-refractivity contribution < 1.29 is 14.6 Å². The van der Waals surface area contributed by atoms with Crippen molar-refractivity contribution in [1.29, 1.82) is 0 Å². The van der Waals surface area contributed by atoms with Crippen LogP contribution in [-0.4, -0.2) is 23.9 Å². The highest BCUT2D eigenvalue weighted by molar-refractivity contribution is 5.14. The predicted octanol–water partition coefficient (Wildman–Crippen LogP) is 3.95. The Kier molecular flexibility index (Phi) is 6.41. The van der Waals surface area contributed by atoms with Crippen LogP contribution in [0.25, 0.3) is 0 Å². The summed E-state index contributed by atoms with van der Waals surface area (Å²) in [4.78, 5) is 0. The second-order valence-electron chi connectivity index (χ2n) is 6.52. The molecule has 0 amide bonds. The summed E-state index contributed by atoms with van der Waals surface area (Å²) in [7, 11) is 0. The molecule has 0 heterocycles. The minimum atomic E-state index is -0.446. The summed E-state index contributed by atoms with van der Waals surface area (Å²) in [6, 6.07) is 20.3. The normalized spacial score (nSPS) is 24.0. The van der Waals surface area contributed by atoms with E-state index in [1.165, 1.54) is 5.56 Å². The number of aliphatic hydroxyl groups excluding tert-OH is 1. The SMILES string of the molecule is O[C@H]1C(COCc2ccccc2)CCC[C@H]1OCc1ccccc1. The van der Waals surface area contributed by atoms with Crippen molar-refractivity contribution in [3.63, 3.8) is 0 Å². The number of hydrogen-bond acceptors (Lipinski definition) is 3. The van der Waals surface area contributed by atoms with Crippen LogP contribution in [0.5, 0.6) is 0 Å². The smallest absolute Gasteiger partial charge is 0.0852 e. The van der Waals surface area contributed by atoms with E-state index in [4.69, 9.17) is 9.47 Å². The molecule has 3 atom stereocenters. The minimum absolute atomic E-state index is 0.0933. The predicted molar refractivity (Wildman–Crippen MR) is 94.5 cm³/mol. The molecule has 0 saturated heterocycles. The minimum Gasteiger partial charge on any atom is -0.390 e. The van der Waals surface area contributed by atoms with E-state index in [1.54, 1.807) is 0 Å². The molecule has 0 radical (unpaired) electrons. The van der Waals surface area contributed by atoms with Crippen LogP contribution in [0.1, 0.15) is 30.4 Å². The Morgan fingerprint density at radius 3 is 2.12 bits per heavy atom. The molecule has 2 aromatic rings. The topological polar surface area (TPSA) is 38.7 Å². The van der Waals surface area contributed by atoms with Gasteiger partial charge in [0.2, 0.25) is 0 Å². The van der Waals surface area contributed by atoms with Crippen molar-refractivity contribution in [1.82, 2.24) is 0 Å². The lowest BCUT2D eigenvalue weighted by Gasteiger charge is -2.34. The molecule has 1 aliphatic rings. The van der Waals surface area contributed by atoms with Crippen LogP contribution in [0.15, 0.2) is 60.7 Å². The summed E-state index contributed by atoms with van der Waals surface area (Å²) in [5.74, 6) is 0.156. The van der Waals surface area contributed by atoms with Gasteiger partial charge in [0.05, 0.1) is 32.0 Å². The van der Waals surface area contributed by atoms with Gasteiger partial charge in [-0.05, 0) is 24.0 Å². The molecule has 0 aliphatic heterocycles. The van der Waals surface area contributed by atoms with Crippen LogP contribution in [0.3, 0.4) is 0 Å². The van der Waals surface area contributed by atoms with Gasteiger partial charge in [0.1, 0.15) is 0 Å². The number of rotatable bonds is 7. The fraction of sp³-hybridized carbons (Fsp3) is 0.429. The Bertz CT molecular complexity index is 585. The van der Waals surface area contributed by atoms with Crippen molar-refractivity contribution in [3.8, 4) is 0 Å². The van der Waals surface area contributed by atoms with Crippen LogP contribution < -0.4 is 0 Å². The van der Waals surface area contributed by atoms with Gasteiger partial charge >= 0.3 is 0 Å². The van der Waals surface area contributed by atoms with Gasteiger partial charge in [0, 0.05) is 5.92 Å². The van der Waals surface area contributed by atoms with Gasteiger partial charge in [-0.1, -0.05) is 67.1 Å². The highest BCUT2D eigenvalue weighted by Crippen LogP contribution is 2.28. The van der Waals surface area contributed by atoms with Crippen LogP contribution >= 0.6 is 0 Å². The average molecular weight is 326 g/mol. The first kappa shape index (κ1) is 17.2. The van der Waals surface area contributed by atoms with Crippen molar-refractivity contribution in [2.24, 2.45) is 5.92 Å². The molecule has 2 aromatic carbocycles. The van der Waals surface area contributed by atoms with Crippen LogP contribution in [-0.2, 0) is 22.7 Å². The van der Waals surface area contributed by atoms with Gasteiger partial charge in [-0.25, -0.2) is 0 Å². The molecule has 24 heavy (non-hydrogen) atoms. The number of ether oxygens (including phenoxy) is 2. The summed E-state index contributed by atoms with van der Waals surface area (Å²) in [6.45, 7) is 1.74. The first-order valence-electron chi connectivity index (χ1n) is 8.78. The lowest BCUT2D eigenvalue weighted by Crippen LogP contribution is -2.41. The lowest BCUT2D eigenvalue weighted by atomic mass is 9.85. The molecule has 1 saturated carbocycles. The highest BCUT2D eigenvalue weighted by atomic mass is 16.5. The molecule has 1 unspecified atom stereocenters. The zero-order chi connectivity index (χ0) is 16.6. The Morgan fingerprint density at radius 2 is 1.46 bits per heavy atom. The Labute approximate surface area is 144 Å². The van der Waals surface area contributed by atoms with Crippen molar-refractivity contribution in [2.45, 2.75) is 44.7 Å². The summed E-state index contributed by atoms with van der Waals surface area (Å²) < 4.78 is 11.8. The zero-order valence-electron chi connectivity index (χ0n) is 14.0. The summed E-state index contributed by atoms with van der Waals surface area (Å²) in [5.41, 5.74) is 2.31. The van der Waals surface area contributed by atoms with E-state index in [1.807, 2.05) is 36.4 Å². The third-order valence-corrected chi connectivity index (χ3v) is 4.68. The van der Waals surface area contributed by atoms with Crippen LogP contribution in [0.4, 0.5) is 0 Å². The first-order chi connectivity index (χ1) is 11.8. The maximum Gasteiger partial charge on any atom is 0.0852 e. The fourth-order valence-electron chi connectivity index (χ4n) is 3.27. The third-order valence-electron chi connectivity index (χ3n) is 4.68. The van der Waals surface area contributed by atoms with E-state index in [0.717, 1.165) is 24.8 Å². The highest BCUT2D eigenvalue weighted by Gasteiger charge is 2.32. The number of hydrogen-bond donors (Lipinski definition) is 1. The molecule has 1 aliphatic carbocycles. The fourth-order valence-corrected chi connectivity index (χ4v) is 3.27. The Balaban J connectivity index is 1.44. The molecule has 3 nitrogen and oxygen atoms in total. The van der Waals surface area contributed by atoms with Gasteiger partial charge in [-0.15, -0.1) is 0 Å². The zero-order valence-corrected chi connectivity index (χ0v) is 14.0. The quantitative estimate of drug-likeness (QED) is 0.837. The second kappa shape index (κ2) is 8.97. The molecule has 0 spiro atoms. The van der Waals surface area contributed by atoms with E-state index >= 15 is 0 Å². The van der Waals surface area contributed by atoms with Gasteiger partial charge < -0.3 is 14.6 Å². The molecule has 1 N–H and O–H groups in total. The standard InChI is InChI=1S/C21H26O3/c22-21-19(16-23-14-17-8-3-1-4-9-17)12-7-13-20(21)24-15-18-10-5-2-6-11-18/h1-6,8-11,19-22H,7,12-16H2/t19?,20-,21+/m1/s1. The van der Waals surface area contributed by atoms with Gasteiger partial charge in [-0.3, -0.25) is 0 Å². The van der Waals surface area contributed by atoms with Crippen LogP contribution in [0.2, 0.25) is 0 Å². The third kappa shape index (κ3) is 4.91. The molecular weight excluding hydrogens is 300 g/mol. The number of benzene rings is 2. The number of aliphatic hydroxyl groups is 1. The molecule has 0 aromatic heterocycles. The van der Waals surface area contributed by atoms with Gasteiger partial charge in [0.15, 0.2) is 0 Å². The van der Waals surface area contributed by atoms with Crippen LogP contribution in [0, 0.1) is 5.92 Å². The first-order valence-corrected chi connectivity index (χ1v) is 8.78. The molecule has 3 rings (SSSR count). The lowest BCUT2D eigenvalue weighted by molar-refractivity contribution is -0.107. The van der Waals surface area contributed by atoms with E-state index in [-0.39, 0.29) is 12.0 Å².